The zero-order valence-corrected chi connectivity index (χ0v) is 11.9. The number of hydrogen-bond acceptors (Lipinski definition) is 3. The molecule has 2 N–H and O–H groups in total. The third-order valence-corrected chi connectivity index (χ3v) is 2.55. The van der Waals surface area contributed by atoms with Gasteiger partial charge >= 0.3 is 0 Å². The normalized spacial score (nSPS) is 11.1. The quantitative estimate of drug-likeness (QED) is 0.810. The lowest BCUT2D eigenvalue weighted by Crippen LogP contribution is -2.32. The molecule has 0 aromatic carbocycles. The Bertz CT molecular complexity index is 396. The average molecular weight is 252 g/mol. The van der Waals surface area contributed by atoms with Crippen LogP contribution < -0.4 is 10.6 Å². The maximum absolute atomic E-state index is 11.6. The Balaban J connectivity index is 2.50. The van der Waals surface area contributed by atoms with Gasteiger partial charge in [0.25, 0.3) is 0 Å². The van der Waals surface area contributed by atoms with Crippen LogP contribution in [0.1, 0.15) is 39.3 Å². The summed E-state index contributed by atoms with van der Waals surface area (Å²) >= 11 is 0. The van der Waals surface area contributed by atoms with Crippen LogP contribution in [-0.2, 0) is 11.8 Å². The summed E-state index contributed by atoms with van der Waals surface area (Å²) in [6, 6.07) is 0. The number of anilines is 1. The third-order valence-electron chi connectivity index (χ3n) is 2.55. The van der Waals surface area contributed by atoms with E-state index < -0.39 is 0 Å². The molecule has 0 unspecified atom stereocenters. The Morgan fingerprint density at radius 2 is 2.06 bits per heavy atom. The zero-order valence-electron chi connectivity index (χ0n) is 11.9. The molecule has 5 nitrogen and oxygen atoms in total. The lowest BCUT2D eigenvalue weighted by atomic mass is 10.1. The Morgan fingerprint density at radius 3 is 2.61 bits per heavy atom. The van der Waals surface area contributed by atoms with Gasteiger partial charge in [0.05, 0.1) is 17.9 Å². The van der Waals surface area contributed by atoms with E-state index in [-0.39, 0.29) is 12.5 Å². The molecule has 1 heterocycles. The molecule has 0 atom stereocenters. The predicted molar refractivity (Wildman–Crippen MR) is 73.6 cm³/mol. The van der Waals surface area contributed by atoms with Crippen LogP contribution in [0.15, 0.2) is 6.20 Å². The number of amides is 1. The molecular formula is C13H24N4O. The van der Waals surface area contributed by atoms with Crippen LogP contribution in [0.2, 0.25) is 0 Å². The van der Waals surface area contributed by atoms with E-state index in [0.717, 1.165) is 11.4 Å². The maximum atomic E-state index is 11.6. The van der Waals surface area contributed by atoms with Gasteiger partial charge in [0.15, 0.2) is 0 Å². The van der Waals surface area contributed by atoms with Crippen molar-refractivity contribution in [2.24, 2.45) is 13.0 Å². The van der Waals surface area contributed by atoms with E-state index >= 15 is 0 Å². The molecule has 102 valence electrons. The van der Waals surface area contributed by atoms with Crippen molar-refractivity contribution in [1.29, 1.82) is 0 Å². The molecule has 0 aliphatic heterocycles. The lowest BCUT2D eigenvalue weighted by Gasteiger charge is -2.10. The van der Waals surface area contributed by atoms with E-state index in [1.54, 1.807) is 4.68 Å². The number of nitrogens with zero attached hydrogens (tertiary/aromatic N) is 2. The molecule has 1 amide bonds. The number of aryl methyl sites for hydroxylation is 1. The molecule has 1 aromatic heterocycles. The second-order valence-corrected chi connectivity index (χ2v) is 5.31. The van der Waals surface area contributed by atoms with E-state index in [9.17, 15) is 4.79 Å². The summed E-state index contributed by atoms with van der Waals surface area (Å²) in [6.45, 7) is 9.33. The highest BCUT2D eigenvalue weighted by Gasteiger charge is 2.12. The summed E-state index contributed by atoms with van der Waals surface area (Å²) in [4.78, 5) is 11.6. The summed E-state index contributed by atoms with van der Waals surface area (Å²) in [5, 5.41) is 10.4. The monoisotopic (exact) mass is 252 g/mol. The second-order valence-electron chi connectivity index (χ2n) is 5.31. The fourth-order valence-corrected chi connectivity index (χ4v) is 1.62. The van der Waals surface area contributed by atoms with Crippen molar-refractivity contribution in [3.63, 3.8) is 0 Å². The number of carbonyl (C=O) groups is 1. The van der Waals surface area contributed by atoms with E-state index in [2.05, 4.69) is 43.4 Å². The largest absolute Gasteiger partial charge is 0.373 e. The van der Waals surface area contributed by atoms with Crippen LogP contribution in [-0.4, -0.2) is 28.8 Å². The van der Waals surface area contributed by atoms with Gasteiger partial charge in [0.2, 0.25) is 5.91 Å². The Kier molecular flexibility index (Phi) is 5.19. The average Bonchev–Trinajstić information content (AvgIpc) is 2.65. The van der Waals surface area contributed by atoms with Crippen molar-refractivity contribution in [2.75, 3.05) is 18.4 Å². The lowest BCUT2D eigenvalue weighted by molar-refractivity contribution is -0.119. The summed E-state index contributed by atoms with van der Waals surface area (Å²) in [7, 11) is 1.88. The number of carbonyl (C=O) groups excluding carboxylic acids is 1. The predicted octanol–water partition coefficient (Wildman–Crippen LogP) is 1.73. The van der Waals surface area contributed by atoms with E-state index in [1.165, 1.54) is 0 Å². The molecule has 0 radical (unpaired) electrons. The number of hydrogen-bond donors (Lipinski definition) is 2. The van der Waals surface area contributed by atoms with Gasteiger partial charge in [-0.05, 0) is 11.8 Å². The number of nitrogens with one attached hydrogen (secondary N) is 2. The molecule has 0 fully saturated rings. The first-order valence-corrected chi connectivity index (χ1v) is 6.44. The molecule has 1 aromatic rings. The Labute approximate surface area is 109 Å². The highest BCUT2D eigenvalue weighted by Crippen LogP contribution is 2.21. The molecule has 1 rings (SSSR count). The Hall–Kier alpha value is -1.52. The van der Waals surface area contributed by atoms with Gasteiger partial charge in [0.1, 0.15) is 0 Å². The highest BCUT2D eigenvalue weighted by molar-refractivity contribution is 5.80. The molecule has 0 aliphatic carbocycles. The van der Waals surface area contributed by atoms with E-state index in [0.29, 0.717) is 18.4 Å². The summed E-state index contributed by atoms with van der Waals surface area (Å²) in [5.41, 5.74) is 1.93. The van der Waals surface area contributed by atoms with Crippen LogP contribution in [0, 0.1) is 5.92 Å². The van der Waals surface area contributed by atoms with E-state index in [4.69, 9.17) is 0 Å². The first-order valence-electron chi connectivity index (χ1n) is 6.44. The first-order chi connectivity index (χ1) is 8.40. The van der Waals surface area contributed by atoms with Gasteiger partial charge in [-0.1, -0.05) is 27.7 Å². The van der Waals surface area contributed by atoms with Crippen LogP contribution in [0.25, 0.3) is 0 Å². The molecule has 0 spiro atoms. The third kappa shape index (κ3) is 4.39. The molecular weight excluding hydrogens is 228 g/mol. The van der Waals surface area contributed by atoms with Gasteiger partial charge in [-0.25, -0.2) is 0 Å². The van der Waals surface area contributed by atoms with Gasteiger partial charge in [-0.15, -0.1) is 0 Å². The molecule has 0 saturated heterocycles. The van der Waals surface area contributed by atoms with Crippen molar-refractivity contribution in [3.05, 3.63) is 11.9 Å². The molecule has 0 bridgehead atoms. The van der Waals surface area contributed by atoms with Crippen LogP contribution in [0.5, 0.6) is 0 Å². The van der Waals surface area contributed by atoms with Gasteiger partial charge in [-0.3, -0.25) is 9.48 Å². The van der Waals surface area contributed by atoms with Crippen molar-refractivity contribution in [3.8, 4) is 0 Å². The fourth-order valence-electron chi connectivity index (χ4n) is 1.62. The molecule has 5 heteroatoms. The second kappa shape index (κ2) is 6.42. The minimum atomic E-state index is 0.0160. The van der Waals surface area contributed by atoms with Crippen LogP contribution in [0.3, 0.4) is 0 Å². The van der Waals surface area contributed by atoms with Crippen LogP contribution in [0.4, 0.5) is 5.69 Å². The van der Waals surface area contributed by atoms with Gasteiger partial charge < -0.3 is 10.6 Å². The van der Waals surface area contributed by atoms with E-state index in [1.807, 2.05) is 13.2 Å². The van der Waals surface area contributed by atoms with Crippen molar-refractivity contribution in [2.45, 2.75) is 33.6 Å². The highest BCUT2D eigenvalue weighted by atomic mass is 16.1. The summed E-state index contributed by atoms with van der Waals surface area (Å²) in [5.74, 6) is 0.827. The number of aromatic nitrogens is 2. The first kappa shape index (κ1) is 14.5. The smallest absolute Gasteiger partial charge is 0.239 e. The summed E-state index contributed by atoms with van der Waals surface area (Å²) in [6.07, 6.45) is 1.91. The minimum absolute atomic E-state index is 0.0160. The number of rotatable bonds is 6. The SMILES string of the molecule is CC(C)CNC(=O)CNc1cn(C)nc1C(C)C. The zero-order chi connectivity index (χ0) is 13.7. The van der Waals surface area contributed by atoms with Crippen LogP contribution >= 0.6 is 0 Å². The molecule has 0 aliphatic rings. The maximum Gasteiger partial charge on any atom is 0.239 e. The van der Waals surface area contributed by atoms with Crippen molar-refractivity contribution >= 4 is 11.6 Å². The molecule has 0 saturated carbocycles. The molecule has 18 heavy (non-hydrogen) atoms. The van der Waals surface area contributed by atoms with Gasteiger partial charge in [0, 0.05) is 19.8 Å². The van der Waals surface area contributed by atoms with Crippen molar-refractivity contribution < 1.29 is 4.79 Å². The fraction of sp³-hybridized carbons (Fsp3) is 0.692. The Morgan fingerprint density at radius 1 is 1.39 bits per heavy atom. The van der Waals surface area contributed by atoms with Gasteiger partial charge in [-0.2, -0.15) is 5.10 Å². The standard InChI is InChI=1S/C13H24N4O/c1-9(2)6-15-12(18)7-14-11-8-17(5)16-13(11)10(3)4/h8-10,14H,6-7H2,1-5H3,(H,15,18). The van der Waals surface area contributed by atoms with Crippen molar-refractivity contribution in [1.82, 2.24) is 15.1 Å². The minimum Gasteiger partial charge on any atom is -0.373 e. The topological polar surface area (TPSA) is 59.0 Å². The summed E-state index contributed by atoms with van der Waals surface area (Å²) < 4.78 is 1.77.